The molecule has 0 saturated carbocycles. The third-order valence-electron chi connectivity index (χ3n) is 3.78. The normalized spacial score (nSPS) is 13.9. The van der Waals surface area contributed by atoms with Crippen LogP contribution in [0, 0.1) is 13.8 Å². The van der Waals surface area contributed by atoms with Gasteiger partial charge >= 0.3 is 5.97 Å². The van der Waals surface area contributed by atoms with Gasteiger partial charge in [-0.25, -0.2) is 0 Å². The highest BCUT2D eigenvalue weighted by Crippen LogP contribution is 2.18. The zero-order chi connectivity index (χ0) is 18.4. The molecule has 8 heteroatoms. The monoisotopic (exact) mass is 380 g/mol. The number of benzene rings is 1. The molecule has 0 radical (unpaired) electrons. The van der Waals surface area contributed by atoms with Gasteiger partial charge in [-0.3, -0.25) is 19.3 Å². The number of nitrogens with zero attached hydrogens (tertiary/aromatic N) is 1. The number of hydrogen-bond acceptors (Lipinski definition) is 6. The minimum Gasteiger partial charge on any atom is -0.455 e. The van der Waals surface area contributed by atoms with E-state index in [4.69, 9.17) is 17.0 Å². The molecular formula is C17H20N2O4S2. The van der Waals surface area contributed by atoms with Gasteiger partial charge in [0.1, 0.15) is 4.32 Å². The van der Waals surface area contributed by atoms with Crippen LogP contribution in [0.5, 0.6) is 0 Å². The number of aryl methyl sites for hydroxylation is 2. The topological polar surface area (TPSA) is 75.7 Å². The minimum atomic E-state index is -0.453. The predicted molar refractivity (Wildman–Crippen MR) is 100 cm³/mol. The SMILES string of the molecule is Cc1ccc(CC(=O)OCC(=O)NCCN2C(=O)CSC2=S)cc1C. The van der Waals surface area contributed by atoms with Crippen molar-refractivity contribution in [3.05, 3.63) is 34.9 Å². The van der Waals surface area contributed by atoms with Crippen molar-refractivity contribution < 1.29 is 19.1 Å². The Hall–Kier alpha value is -1.93. The fourth-order valence-electron chi connectivity index (χ4n) is 2.23. The van der Waals surface area contributed by atoms with Gasteiger partial charge in [-0.1, -0.05) is 42.2 Å². The number of thioether (sulfide) groups is 1. The van der Waals surface area contributed by atoms with Gasteiger partial charge in [-0.05, 0) is 30.5 Å². The van der Waals surface area contributed by atoms with Crippen LogP contribution in [0.25, 0.3) is 0 Å². The van der Waals surface area contributed by atoms with Gasteiger partial charge in [-0.15, -0.1) is 0 Å². The Labute approximate surface area is 156 Å². The maximum absolute atomic E-state index is 11.8. The Morgan fingerprint density at radius 1 is 1.32 bits per heavy atom. The Morgan fingerprint density at radius 3 is 2.72 bits per heavy atom. The molecule has 0 atom stereocenters. The van der Waals surface area contributed by atoms with Gasteiger partial charge in [0.25, 0.3) is 5.91 Å². The van der Waals surface area contributed by atoms with E-state index in [-0.39, 0.29) is 25.5 Å². The number of amides is 2. The molecule has 0 aliphatic carbocycles. The van der Waals surface area contributed by atoms with Crippen LogP contribution < -0.4 is 5.32 Å². The molecule has 0 aromatic heterocycles. The number of carbonyl (C=O) groups excluding carboxylic acids is 3. The lowest BCUT2D eigenvalue weighted by Crippen LogP contribution is -2.38. The van der Waals surface area contributed by atoms with E-state index >= 15 is 0 Å². The highest BCUT2D eigenvalue weighted by Gasteiger charge is 2.25. The van der Waals surface area contributed by atoms with Crippen molar-refractivity contribution in [1.29, 1.82) is 0 Å². The Kier molecular flexibility index (Phi) is 6.95. The Bertz CT molecular complexity index is 690. The second-order valence-electron chi connectivity index (χ2n) is 5.71. The number of rotatable bonds is 7. The van der Waals surface area contributed by atoms with Crippen LogP contribution in [0.3, 0.4) is 0 Å². The first-order valence-corrected chi connectivity index (χ1v) is 9.22. The van der Waals surface area contributed by atoms with Crippen molar-refractivity contribution in [1.82, 2.24) is 10.2 Å². The molecule has 0 unspecified atom stereocenters. The summed E-state index contributed by atoms with van der Waals surface area (Å²) < 4.78 is 5.51. The second-order valence-corrected chi connectivity index (χ2v) is 7.32. The summed E-state index contributed by atoms with van der Waals surface area (Å²) in [6, 6.07) is 5.76. The lowest BCUT2D eigenvalue weighted by atomic mass is 10.0. The maximum atomic E-state index is 11.8. The van der Waals surface area contributed by atoms with Gasteiger partial charge in [0.2, 0.25) is 5.91 Å². The number of nitrogens with one attached hydrogen (secondary N) is 1. The first-order valence-electron chi connectivity index (χ1n) is 7.82. The average Bonchev–Trinajstić information content (AvgIpc) is 2.88. The van der Waals surface area contributed by atoms with Crippen molar-refractivity contribution in [2.24, 2.45) is 0 Å². The molecule has 0 bridgehead atoms. The largest absolute Gasteiger partial charge is 0.455 e. The summed E-state index contributed by atoms with van der Waals surface area (Å²) in [4.78, 5) is 36.5. The lowest BCUT2D eigenvalue weighted by molar-refractivity contribution is -0.147. The van der Waals surface area contributed by atoms with Gasteiger partial charge in [0, 0.05) is 13.1 Å². The quantitative estimate of drug-likeness (QED) is 0.569. The summed E-state index contributed by atoms with van der Waals surface area (Å²) in [5.41, 5.74) is 3.12. The van der Waals surface area contributed by atoms with Crippen molar-refractivity contribution in [3.63, 3.8) is 0 Å². The number of hydrogen-bond donors (Lipinski definition) is 1. The van der Waals surface area contributed by atoms with E-state index in [2.05, 4.69) is 5.32 Å². The Morgan fingerprint density at radius 2 is 2.08 bits per heavy atom. The van der Waals surface area contributed by atoms with E-state index in [9.17, 15) is 14.4 Å². The van der Waals surface area contributed by atoms with Crippen molar-refractivity contribution in [3.8, 4) is 0 Å². The van der Waals surface area contributed by atoms with E-state index in [1.807, 2.05) is 32.0 Å². The molecule has 0 spiro atoms. The van der Waals surface area contributed by atoms with Crippen LogP contribution in [0.15, 0.2) is 18.2 Å². The molecule has 1 fully saturated rings. The molecule has 1 heterocycles. The highest BCUT2D eigenvalue weighted by molar-refractivity contribution is 8.23. The molecule has 25 heavy (non-hydrogen) atoms. The molecule has 6 nitrogen and oxygen atoms in total. The van der Waals surface area contributed by atoms with Crippen LogP contribution in [0.2, 0.25) is 0 Å². The molecule has 1 saturated heterocycles. The van der Waals surface area contributed by atoms with Crippen molar-refractivity contribution in [2.75, 3.05) is 25.4 Å². The van der Waals surface area contributed by atoms with Crippen LogP contribution in [-0.4, -0.2) is 52.5 Å². The summed E-state index contributed by atoms with van der Waals surface area (Å²) >= 11 is 6.36. The van der Waals surface area contributed by atoms with Crippen molar-refractivity contribution in [2.45, 2.75) is 20.3 Å². The minimum absolute atomic E-state index is 0.0518. The molecule has 2 amide bonds. The summed E-state index contributed by atoms with van der Waals surface area (Å²) in [7, 11) is 0. The third-order valence-corrected chi connectivity index (χ3v) is 5.21. The summed E-state index contributed by atoms with van der Waals surface area (Å²) in [6.07, 6.45) is 0.127. The number of thiocarbonyl (C=S) groups is 1. The number of esters is 1. The van der Waals surface area contributed by atoms with E-state index in [1.165, 1.54) is 16.7 Å². The van der Waals surface area contributed by atoms with Crippen LogP contribution in [-0.2, 0) is 25.5 Å². The fourth-order valence-corrected chi connectivity index (χ4v) is 3.35. The van der Waals surface area contributed by atoms with Gasteiger partial charge in [0.15, 0.2) is 6.61 Å². The molecule has 1 aliphatic heterocycles. The number of ether oxygens (including phenoxy) is 1. The maximum Gasteiger partial charge on any atom is 0.310 e. The average molecular weight is 380 g/mol. The zero-order valence-electron chi connectivity index (χ0n) is 14.2. The summed E-state index contributed by atoms with van der Waals surface area (Å²) in [5.74, 6) is -0.559. The van der Waals surface area contributed by atoms with Gasteiger partial charge < -0.3 is 10.1 Å². The molecular weight excluding hydrogens is 360 g/mol. The van der Waals surface area contributed by atoms with Gasteiger partial charge in [-0.2, -0.15) is 0 Å². The Balaban J connectivity index is 1.67. The second kappa shape index (κ2) is 8.96. The number of carbonyl (C=O) groups is 3. The lowest BCUT2D eigenvalue weighted by Gasteiger charge is -2.15. The van der Waals surface area contributed by atoms with Crippen molar-refractivity contribution >= 4 is 46.1 Å². The van der Waals surface area contributed by atoms with Crippen LogP contribution in [0.4, 0.5) is 0 Å². The summed E-state index contributed by atoms with van der Waals surface area (Å²) in [6.45, 7) is 4.24. The zero-order valence-corrected chi connectivity index (χ0v) is 15.8. The molecule has 134 valence electrons. The first-order chi connectivity index (χ1) is 11.9. The molecule has 1 N–H and O–H groups in total. The molecule has 1 aliphatic rings. The fraction of sp³-hybridized carbons (Fsp3) is 0.412. The van der Waals surface area contributed by atoms with Gasteiger partial charge in [0.05, 0.1) is 12.2 Å². The summed E-state index contributed by atoms with van der Waals surface area (Å²) in [5, 5.41) is 2.61. The van der Waals surface area contributed by atoms with E-state index in [0.717, 1.165) is 16.7 Å². The predicted octanol–water partition coefficient (Wildman–Crippen LogP) is 1.37. The van der Waals surface area contributed by atoms with Crippen LogP contribution >= 0.6 is 24.0 Å². The highest BCUT2D eigenvalue weighted by atomic mass is 32.2. The third kappa shape index (κ3) is 5.82. The molecule has 1 aromatic carbocycles. The molecule has 1 aromatic rings. The first kappa shape index (κ1) is 19.4. The van der Waals surface area contributed by atoms with E-state index in [0.29, 0.717) is 16.6 Å². The van der Waals surface area contributed by atoms with Crippen LogP contribution in [0.1, 0.15) is 16.7 Å². The standard InChI is InChI=1S/C17H20N2O4S2/c1-11-3-4-13(7-12(11)2)8-16(22)23-9-14(20)18-5-6-19-15(21)10-25-17(19)24/h3-4,7H,5-6,8-10H2,1-2H3,(H,18,20). The smallest absolute Gasteiger partial charge is 0.310 e. The van der Waals surface area contributed by atoms with E-state index in [1.54, 1.807) is 0 Å². The molecule has 2 rings (SSSR count). The van der Waals surface area contributed by atoms with E-state index < -0.39 is 11.9 Å².